The summed E-state index contributed by atoms with van der Waals surface area (Å²) < 4.78 is 22.0. The number of anilines is 1. The van der Waals surface area contributed by atoms with Gasteiger partial charge in [-0.2, -0.15) is 0 Å². The lowest BCUT2D eigenvalue weighted by molar-refractivity contribution is 0.0699. The van der Waals surface area contributed by atoms with Gasteiger partial charge in [0.25, 0.3) is 0 Å². The number of aryl methyl sites for hydroxylation is 1. The summed E-state index contributed by atoms with van der Waals surface area (Å²) in [4.78, 5) is 9.23. The van der Waals surface area contributed by atoms with Crippen LogP contribution in [0, 0.1) is 6.92 Å². The quantitative estimate of drug-likeness (QED) is 0.200. The van der Waals surface area contributed by atoms with Gasteiger partial charge in [0, 0.05) is 44.1 Å². The van der Waals surface area contributed by atoms with E-state index in [1.807, 2.05) is 43.3 Å². The lowest BCUT2D eigenvalue weighted by Crippen LogP contribution is -2.32. The van der Waals surface area contributed by atoms with Gasteiger partial charge in [0.15, 0.2) is 17.5 Å². The van der Waals surface area contributed by atoms with Crippen molar-refractivity contribution < 1.29 is 18.9 Å². The smallest absolute Gasteiger partial charge is 0.196 e. The molecule has 3 rings (SSSR count). The predicted molar refractivity (Wildman–Crippen MR) is 137 cm³/mol. The zero-order valence-electron chi connectivity index (χ0n) is 18.8. The average molecular weight is 556 g/mol. The van der Waals surface area contributed by atoms with Gasteiger partial charge in [0.05, 0.1) is 38.7 Å². The van der Waals surface area contributed by atoms with Gasteiger partial charge in [-0.1, -0.05) is 6.07 Å². The Bertz CT molecular complexity index is 850. The van der Waals surface area contributed by atoms with Crippen molar-refractivity contribution in [2.45, 2.75) is 26.3 Å². The number of benzene rings is 1. The molecule has 0 saturated heterocycles. The number of methoxy groups -OCH3 is 1. The van der Waals surface area contributed by atoms with Gasteiger partial charge >= 0.3 is 0 Å². The molecule has 8 nitrogen and oxygen atoms in total. The minimum absolute atomic E-state index is 0. The Morgan fingerprint density at radius 1 is 1.09 bits per heavy atom. The van der Waals surface area contributed by atoms with Crippen LogP contribution in [0.4, 0.5) is 5.69 Å². The minimum atomic E-state index is 0. The van der Waals surface area contributed by atoms with Crippen molar-refractivity contribution >= 4 is 35.6 Å². The first kappa shape index (κ1) is 26.1. The molecule has 2 N–H and O–H groups in total. The molecule has 1 aromatic carbocycles. The molecular weight excluding hydrogens is 523 g/mol. The second-order valence-corrected chi connectivity index (χ2v) is 7.16. The first-order valence-electron chi connectivity index (χ1n) is 10.7. The monoisotopic (exact) mass is 556 g/mol. The van der Waals surface area contributed by atoms with E-state index in [1.165, 1.54) is 0 Å². The summed E-state index contributed by atoms with van der Waals surface area (Å²) in [7, 11) is 1.67. The lowest BCUT2D eigenvalue weighted by atomic mass is 10.2. The van der Waals surface area contributed by atoms with Crippen LogP contribution in [0.3, 0.4) is 0 Å². The van der Waals surface area contributed by atoms with Crippen LogP contribution >= 0.6 is 24.0 Å². The van der Waals surface area contributed by atoms with Crippen molar-refractivity contribution in [2.75, 3.05) is 52.0 Å². The van der Waals surface area contributed by atoms with Crippen LogP contribution in [0.15, 0.2) is 41.4 Å². The molecule has 0 fully saturated rings. The number of nitrogens with zero attached hydrogens (tertiary/aromatic N) is 2. The van der Waals surface area contributed by atoms with E-state index in [9.17, 15) is 0 Å². The van der Waals surface area contributed by atoms with Crippen molar-refractivity contribution in [2.24, 2.45) is 4.99 Å². The van der Waals surface area contributed by atoms with Gasteiger partial charge in [0.2, 0.25) is 0 Å². The number of ether oxygens (including phenoxy) is 4. The molecular formula is C23H33IN4O4. The van der Waals surface area contributed by atoms with E-state index < -0.39 is 0 Å². The van der Waals surface area contributed by atoms with Crippen molar-refractivity contribution in [3.8, 4) is 11.5 Å². The Morgan fingerprint density at radius 3 is 2.75 bits per heavy atom. The molecule has 32 heavy (non-hydrogen) atoms. The van der Waals surface area contributed by atoms with Crippen molar-refractivity contribution in [3.63, 3.8) is 0 Å². The highest BCUT2D eigenvalue weighted by Crippen LogP contribution is 2.32. The van der Waals surface area contributed by atoms with Crippen LogP contribution in [0.1, 0.15) is 24.2 Å². The van der Waals surface area contributed by atoms with Crippen LogP contribution in [0.5, 0.6) is 11.5 Å². The van der Waals surface area contributed by atoms with Gasteiger partial charge in [0.1, 0.15) is 0 Å². The molecule has 0 radical (unpaired) electrons. The maximum atomic E-state index is 5.80. The van der Waals surface area contributed by atoms with Gasteiger partial charge in [-0.05, 0) is 37.6 Å². The second-order valence-electron chi connectivity index (χ2n) is 7.16. The van der Waals surface area contributed by atoms with Gasteiger partial charge in [-0.3, -0.25) is 4.98 Å². The SMILES string of the molecule is COCCOCCCNC(=NCc1cccc(C)n1)Nc1ccc2c(c1)OCCCO2.I. The average Bonchev–Trinajstić information content (AvgIpc) is 3.02. The number of nitrogens with one attached hydrogen (secondary N) is 2. The zero-order chi connectivity index (χ0) is 21.7. The molecule has 176 valence electrons. The van der Waals surface area contributed by atoms with E-state index in [4.69, 9.17) is 23.9 Å². The lowest BCUT2D eigenvalue weighted by Gasteiger charge is -2.15. The standard InChI is InChI=1S/C23H32N4O4.HI/c1-18-6-3-7-20(26-18)17-25-23(24-10-4-11-29-15-14-28-2)27-19-8-9-21-22(16-19)31-13-5-12-30-21;/h3,6-9,16H,4-5,10-15,17H2,1-2H3,(H2,24,25,27);1H. The molecule has 0 atom stereocenters. The van der Waals surface area contributed by atoms with E-state index in [1.54, 1.807) is 7.11 Å². The summed E-state index contributed by atoms with van der Waals surface area (Å²) >= 11 is 0. The van der Waals surface area contributed by atoms with Crippen molar-refractivity contribution in [3.05, 3.63) is 47.8 Å². The van der Waals surface area contributed by atoms with Crippen molar-refractivity contribution in [1.29, 1.82) is 0 Å². The number of pyridine rings is 1. The highest BCUT2D eigenvalue weighted by molar-refractivity contribution is 14.0. The molecule has 1 aliphatic rings. The number of fused-ring (bicyclic) bond motifs is 1. The van der Waals surface area contributed by atoms with E-state index >= 15 is 0 Å². The number of aliphatic imine (C=N–C) groups is 1. The van der Waals surface area contributed by atoms with Gasteiger partial charge < -0.3 is 29.6 Å². The Hall–Kier alpha value is -2.11. The van der Waals surface area contributed by atoms with Crippen LogP contribution in [0.25, 0.3) is 0 Å². The van der Waals surface area contributed by atoms with Crippen LogP contribution in [-0.4, -0.2) is 57.6 Å². The minimum Gasteiger partial charge on any atom is -0.490 e. The Balaban J connectivity index is 0.00000363. The number of halogens is 1. The molecule has 0 bridgehead atoms. The van der Waals surface area contributed by atoms with Gasteiger partial charge in [-0.25, -0.2) is 4.99 Å². The maximum Gasteiger partial charge on any atom is 0.196 e. The highest BCUT2D eigenvalue weighted by Gasteiger charge is 2.11. The van der Waals surface area contributed by atoms with Crippen LogP contribution in [-0.2, 0) is 16.0 Å². The van der Waals surface area contributed by atoms with Crippen LogP contribution < -0.4 is 20.1 Å². The number of rotatable bonds is 10. The van der Waals surface area contributed by atoms with E-state index in [0.717, 1.165) is 48.0 Å². The summed E-state index contributed by atoms with van der Waals surface area (Å²) in [6.45, 7) is 6.37. The summed E-state index contributed by atoms with van der Waals surface area (Å²) in [6, 6.07) is 11.8. The fourth-order valence-corrected chi connectivity index (χ4v) is 2.99. The van der Waals surface area contributed by atoms with Crippen molar-refractivity contribution in [1.82, 2.24) is 10.3 Å². The Kier molecular flexibility index (Phi) is 12.1. The fraction of sp³-hybridized carbons (Fsp3) is 0.478. The molecule has 0 spiro atoms. The molecule has 1 aromatic heterocycles. The number of guanidine groups is 1. The topological polar surface area (TPSA) is 86.2 Å². The van der Waals surface area contributed by atoms with Crippen LogP contribution in [0.2, 0.25) is 0 Å². The summed E-state index contributed by atoms with van der Waals surface area (Å²) in [5.41, 5.74) is 2.78. The first-order valence-corrected chi connectivity index (χ1v) is 10.7. The summed E-state index contributed by atoms with van der Waals surface area (Å²) in [5.74, 6) is 2.19. The Labute approximate surface area is 207 Å². The summed E-state index contributed by atoms with van der Waals surface area (Å²) in [5, 5.41) is 6.72. The normalized spacial score (nSPS) is 13.1. The zero-order valence-corrected chi connectivity index (χ0v) is 21.1. The molecule has 0 amide bonds. The second kappa shape index (κ2) is 14.9. The molecule has 0 unspecified atom stereocenters. The first-order chi connectivity index (χ1) is 15.2. The van der Waals surface area contributed by atoms with E-state index in [2.05, 4.69) is 15.6 Å². The predicted octanol–water partition coefficient (Wildman–Crippen LogP) is 3.78. The van der Waals surface area contributed by atoms with E-state index in [-0.39, 0.29) is 24.0 Å². The third kappa shape index (κ3) is 9.17. The largest absolute Gasteiger partial charge is 0.490 e. The molecule has 2 aromatic rings. The van der Waals surface area contributed by atoms with Gasteiger partial charge in [-0.15, -0.1) is 24.0 Å². The number of aromatic nitrogens is 1. The third-order valence-corrected chi connectivity index (χ3v) is 4.55. The molecule has 9 heteroatoms. The van der Waals surface area contributed by atoms with E-state index in [0.29, 0.717) is 45.5 Å². The summed E-state index contributed by atoms with van der Waals surface area (Å²) in [6.07, 6.45) is 1.73. The Morgan fingerprint density at radius 2 is 1.94 bits per heavy atom. The third-order valence-electron chi connectivity index (χ3n) is 4.55. The highest BCUT2D eigenvalue weighted by atomic mass is 127. The fourth-order valence-electron chi connectivity index (χ4n) is 2.99. The number of hydrogen-bond acceptors (Lipinski definition) is 6. The molecule has 2 heterocycles. The molecule has 0 saturated carbocycles. The molecule has 0 aliphatic carbocycles. The molecule has 1 aliphatic heterocycles. The number of hydrogen-bond donors (Lipinski definition) is 2. The maximum absolute atomic E-state index is 5.80.